The predicted octanol–water partition coefficient (Wildman–Crippen LogP) is 2.41. The molecule has 1 unspecified atom stereocenters. The first-order valence-corrected chi connectivity index (χ1v) is 7.55. The summed E-state index contributed by atoms with van der Waals surface area (Å²) in [5, 5.41) is 9.47. The second-order valence-corrected chi connectivity index (χ2v) is 6.06. The Bertz CT molecular complexity index is 1000. The fourth-order valence-electron chi connectivity index (χ4n) is 2.63. The summed E-state index contributed by atoms with van der Waals surface area (Å²) in [5.41, 5.74) is 6.75. The molecule has 4 rings (SSSR count). The zero-order valence-electron chi connectivity index (χ0n) is 11.9. The number of hydrogen-bond acceptors (Lipinski definition) is 7. The topological polar surface area (TPSA) is 107 Å². The van der Waals surface area contributed by atoms with Crippen molar-refractivity contribution in [3.63, 3.8) is 0 Å². The van der Waals surface area contributed by atoms with E-state index in [-0.39, 0.29) is 17.2 Å². The number of Topliss-reactive ketones (excluding diaryl/α,β-unsaturated/α-hetero) is 1. The third-order valence-electron chi connectivity index (χ3n) is 3.66. The first-order valence-electron chi connectivity index (χ1n) is 6.74. The molecule has 3 aromatic rings. The van der Waals surface area contributed by atoms with Crippen LogP contribution in [0.15, 0.2) is 40.5 Å². The Morgan fingerprint density at radius 1 is 1.57 bits per heavy atom. The van der Waals surface area contributed by atoms with Gasteiger partial charge in [-0.05, 0) is 12.1 Å². The summed E-state index contributed by atoms with van der Waals surface area (Å²) in [6, 6.07) is 5.59. The lowest BCUT2D eigenvalue weighted by Gasteiger charge is -2.21. The Morgan fingerprint density at radius 2 is 2.39 bits per heavy atom. The van der Waals surface area contributed by atoms with E-state index in [0.29, 0.717) is 27.2 Å². The van der Waals surface area contributed by atoms with Crippen LogP contribution in [0.3, 0.4) is 0 Å². The number of aromatic nitrogens is 2. The number of allylic oxidation sites excluding steroid dienone is 1. The second-order valence-electron chi connectivity index (χ2n) is 5.05. The molecule has 8 heteroatoms. The van der Waals surface area contributed by atoms with Crippen molar-refractivity contribution < 1.29 is 13.9 Å². The van der Waals surface area contributed by atoms with Crippen LogP contribution in [0.4, 0.5) is 0 Å². The van der Waals surface area contributed by atoms with Crippen LogP contribution < -0.4 is 10.5 Å². The van der Waals surface area contributed by atoms with Gasteiger partial charge in [-0.2, -0.15) is 10.2 Å². The van der Waals surface area contributed by atoms with Crippen molar-refractivity contribution in [2.75, 3.05) is 0 Å². The molecular weight excluding hydrogens is 316 g/mol. The number of thiazole rings is 1. The van der Waals surface area contributed by atoms with Gasteiger partial charge in [0.15, 0.2) is 10.7 Å². The van der Waals surface area contributed by atoms with Gasteiger partial charge >= 0.3 is 0 Å². The van der Waals surface area contributed by atoms with Gasteiger partial charge < -0.3 is 14.9 Å². The zero-order valence-corrected chi connectivity index (χ0v) is 12.8. The van der Waals surface area contributed by atoms with E-state index in [1.54, 1.807) is 22.7 Å². The first-order chi connectivity index (χ1) is 11.1. The van der Waals surface area contributed by atoms with Gasteiger partial charge in [0.25, 0.3) is 0 Å². The summed E-state index contributed by atoms with van der Waals surface area (Å²) in [4.78, 5) is 17.2. The minimum Gasteiger partial charge on any atom is -0.468 e. The molecule has 1 aliphatic heterocycles. The Balaban J connectivity index is 2.01. The molecule has 114 valence electrons. The third kappa shape index (κ3) is 1.87. The molecule has 0 radical (unpaired) electrons. The van der Waals surface area contributed by atoms with Crippen LogP contribution in [-0.2, 0) is 0 Å². The number of hydrogen-bond donors (Lipinski definition) is 1. The van der Waals surface area contributed by atoms with Crippen molar-refractivity contribution in [3.05, 3.63) is 52.4 Å². The number of imidazole rings is 1. The van der Waals surface area contributed by atoms with Crippen molar-refractivity contribution in [1.82, 2.24) is 9.38 Å². The van der Waals surface area contributed by atoms with Crippen molar-refractivity contribution >= 4 is 22.1 Å². The zero-order chi connectivity index (χ0) is 16.1. The number of ether oxygens (including phenoxy) is 1. The largest absolute Gasteiger partial charge is 0.468 e. The molecule has 3 aromatic heterocycles. The highest BCUT2D eigenvalue weighted by atomic mass is 32.1. The molecule has 0 aliphatic carbocycles. The van der Waals surface area contributed by atoms with Crippen molar-refractivity contribution in [2.24, 2.45) is 5.73 Å². The van der Waals surface area contributed by atoms with E-state index >= 15 is 0 Å². The summed E-state index contributed by atoms with van der Waals surface area (Å²) in [5.74, 6) is 0.328. The maximum atomic E-state index is 11.6. The molecule has 1 atom stereocenters. The number of nitriles is 1. The van der Waals surface area contributed by atoms with Crippen LogP contribution >= 0.6 is 11.3 Å². The summed E-state index contributed by atoms with van der Waals surface area (Å²) in [6.07, 6.45) is 3.23. The van der Waals surface area contributed by atoms with Gasteiger partial charge in [0, 0.05) is 13.1 Å². The molecule has 0 spiro atoms. The quantitative estimate of drug-likeness (QED) is 0.725. The lowest BCUT2D eigenvalue weighted by molar-refractivity contribution is 0.102. The Hall–Kier alpha value is -3.05. The van der Waals surface area contributed by atoms with Crippen LogP contribution in [0, 0.1) is 11.3 Å². The molecule has 2 N–H and O–H groups in total. The molecule has 4 heterocycles. The first kappa shape index (κ1) is 13.6. The number of rotatable bonds is 2. The predicted molar refractivity (Wildman–Crippen MR) is 81.1 cm³/mol. The summed E-state index contributed by atoms with van der Waals surface area (Å²) < 4.78 is 12.7. The van der Waals surface area contributed by atoms with Crippen molar-refractivity contribution in [3.8, 4) is 11.9 Å². The van der Waals surface area contributed by atoms with E-state index in [1.165, 1.54) is 24.5 Å². The van der Waals surface area contributed by atoms with Crippen molar-refractivity contribution in [1.29, 1.82) is 5.26 Å². The maximum absolute atomic E-state index is 11.6. The fourth-order valence-corrected chi connectivity index (χ4v) is 3.51. The lowest BCUT2D eigenvalue weighted by atomic mass is 9.92. The number of nitrogens with two attached hydrogens (primary N) is 1. The summed E-state index contributed by atoms with van der Waals surface area (Å²) in [6.45, 7) is 1.50. The van der Waals surface area contributed by atoms with Crippen LogP contribution in [0.5, 0.6) is 5.88 Å². The normalized spacial score (nSPS) is 17.0. The molecule has 0 bridgehead atoms. The van der Waals surface area contributed by atoms with E-state index in [2.05, 4.69) is 11.1 Å². The van der Waals surface area contributed by atoms with E-state index in [9.17, 15) is 10.1 Å². The minimum absolute atomic E-state index is 0.0129. The minimum atomic E-state index is -0.525. The molecule has 23 heavy (non-hydrogen) atoms. The molecule has 0 fully saturated rings. The van der Waals surface area contributed by atoms with Gasteiger partial charge in [0.1, 0.15) is 29.0 Å². The SMILES string of the molecule is CC(=O)c1cn2c3c(nc2s1)OC(N)=C(C#N)C3c1ccco1. The van der Waals surface area contributed by atoms with Gasteiger partial charge in [-0.25, -0.2) is 0 Å². The summed E-state index contributed by atoms with van der Waals surface area (Å²) in [7, 11) is 0. The number of ketones is 1. The molecule has 0 aromatic carbocycles. The van der Waals surface area contributed by atoms with E-state index in [0.717, 1.165) is 0 Å². The molecule has 0 amide bonds. The molecule has 0 saturated carbocycles. The highest BCUT2D eigenvalue weighted by Gasteiger charge is 2.37. The van der Waals surface area contributed by atoms with Crippen LogP contribution in [0.25, 0.3) is 4.96 Å². The van der Waals surface area contributed by atoms with Gasteiger partial charge in [0.2, 0.25) is 11.8 Å². The van der Waals surface area contributed by atoms with E-state index in [4.69, 9.17) is 14.9 Å². The van der Waals surface area contributed by atoms with Gasteiger partial charge in [-0.3, -0.25) is 9.20 Å². The van der Waals surface area contributed by atoms with Crippen LogP contribution in [0.1, 0.15) is 34.0 Å². The average molecular weight is 326 g/mol. The third-order valence-corrected chi connectivity index (χ3v) is 4.74. The fraction of sp³-hybridized carbons (Fsp3) is 0.133. The number of nitrogens with zero attached hydrogens (tertiary/aromatic N) is 3. The van der Waals surface area contributed by atoms with Gasteiger partial charge in [-0.15, -0.1) is 0 Å². The summed E-state index contributed by atoms with van der Waals surface area (Å²) >= 11 is 1.26. The molecule has 0 saturated heterocycles. The standard InChI is InChI=1S/C15H10N4O3S/c1-7(20)10-6-19-12-11(9-3-2-4-21-9)8(5-16)13(17)22-14(12)18-15(19)23-10/h2-4,6,11H,17H2,1H3. The number of furan rings is 1. The van der Waals surface area contributed by atoms with Crippen molar-refractivity contribution in [2.45, 2.75) is 12.8 Å². The Kier molecular flexibility index (Phi) is 2.79. The number of carbonyl (C=O) groups excluding carboxylic acids is 1. The lowest BCUT2D eigenvalue weighted by Crippen LogP contribution is -2.21. The van der Waals surface area contributed by atoms with Gasteiger partial charge in [-0.1, -0.05) is 11.3 Å². The smallest absolute Gasteiger partial charge is 0.245 e. The average Bonchev–Trinajstić information content (AvgIpc) is 3.21. The number of carbonyl (C=O) groups is 1. The van der Waals surface area contributed by atoms with Crippen LogP contribution in [-0.4, -0.2) is 15.2 Å². The van der Waals surface area contributed by atoms with Crippen LogP contribution in [0.2, 0.25) is 0 Å². The van der Waals surface area contributed by atoms with Gasteiger partial charge in [0.05, 0.1) is 11.1 Å². The highest BCUT2D eigenvalue weighted by molar-refractivity contribution is 7.18. The maximum Gasteiger partial charge on any atom is 0.245 e. The van der Waals surface area contributed by atoms with E-state index < -0.39 is 5.92 Å². The number of fused-ring (bicyclic) bond motifs is 3. The monoisotopic (exact) mass is 326 g/mol. The molecule has 1 aliphatic rings. The molecule has 7 nitrogen and oxygen atoms in total. The molecular formula is C15H10N4O3S. The highest BCUT2D eigenvalue weighted by Crippen LogP contribution is 2.43. The Labute approximate surface area is 134 Å². The van der Waals surface area contributed by atoms with E-state index in [1.807, 2.05) is 0 Å². The Morgan fingerprint density at radius 3 is 3.04 bits per heavy atom. The second kappa shape index (κ2) is 4.72.